The molecule has 1 aromatic rings. The normalized spacial score (nSPS) is 11.1. The quantitative estimate of drug-likeness (QED) is 0.742. The molecule has 3 heteroatoms. The lowest BCUT2D eigenvalue weighted by Crippen LogP contribution is -2.16. The maximum atomic E-state index is 4.34. The third-order valence-corrected chi connectivity index (χ3v) is 2.00. The van der Waals surface area contributed by atoms with Crippen LogP contribution in [0.1, 0.15) is 19.7 Å². The predicted molar refractivity (Wildman–Crippen MR) is 54.7 cm³/mol. The first kappa shape index (κ1) is 10.3. The summed E-state index contributed by atoms with van der Waals surface area (Å²) in [6, 6.07) is 0. The summed E-state index contributed by atoms with van der Waals surface area (Å²) in [5.41, 5.74) is 0. The van der Waals surface area contributed by atoms with Gasteiger partial charge < -0.3 is 9.88 Å². The van der Waals surface area contributed by atoms with Gasteiger partial charge >= 0.3 is 0 Å². The molecule has 0 atom stereocenters. The molecule has 1 N–H and O–H groups in total. The van der Waals surface area contributed by atoms with Crippen molar-refractivity contribution in [3.63, 3.8) is 0 Å². The van der Waals surface area contributed by atoms with E-state index in [4.69, 9.17) is 0 Å². The second-order valence-corrected chi connectivity index (χ2v) is 3.74. The maximum absolute atomic E-state index is 4.34. The fraction of sp³-hybridized carbons (Fsp3) is 0.700. The Balaban J connectivity index is 2.55. The van der Waals surface area contributed by atoms with Crippen LogP contribution in [0, 0.1) is 5.92 Å². The van der Waals surface area contributed by atoms with E-state index in [0.717, 1.165) is 19.5 Å². The predicted octanol–water partition coefficient (Wildman–Crippen LogP) is 1.30. The van der Waals surface area contributed by atoms with E-state index in [9.17, 15) is 0 Å². The van der Waals surface area contributed by atoms with E-state index in [1.165, 1.54) is 5.82 Å². The summed E-state index contributed by atoms with van der Waals surface area (Å²) >= 11 is 0. The number of aromatic nitrogens is 2. The third kappa shape index (κ3) is 3.19. The van der Waals surface area contributed by atoms with Crippen molar-refractivity contribution in [1.82, 2.24) is 14.9 Å². The van der Waals surface area contributed by atoms with Crippen LogP contribution < -0.4 is 5.32 Å². The highest BCUT2D eigenvalue weighted by Gasteiger charge is 2.03. The maximum Gasteiger partial charge on any atom is 0.108 e. The Bertz CT molecular complexity index is 240. The van der Waals surface area contributed by atoms with E-state index in [1.54, 1.807) is 0 Å². The largest absolute Gasteiger partial charge is 0.334 e. The minimum absolute atomic E-state index is 0.677. The second kappa shape index (κ2) is 5.02. The molecule has 0 aliphatic rings. The van der Waals surface area contributed by atoms with Gasteiger partial charge in [0.2, 0.25) is 0 Å². The van der Waals surface area contributed by atoms with Crippen molar-refractivity contribution in [3.8, 4) is 0 Å². The minimum Gasteiger partial charge on any atom is -0.334 e. The highest BCUT2D eigenvalue weighted by Crippen LogP contribution is 2.05. The minimum atomic E-state index is 0.677. The van der Waals surface area contributed by atoms with Crippen LogP contribution in [0.2, 0.25) is 0 Å². The molecule has 1 rings (SSSR count). The monoisotopic (exact) mass is 181 g/mol. The first-order valence-electron chi connectivity index (χ1n) is 4.88. The van der Waals surface area contributed by atoms with E-state index < -0.39 is 0 Å². The molecule has 0 aliphatic heterocycles. The number of hydrogen-bond acceptors (Lipinski definition) is 2. The van der Waals surface area contributed by atoms with Crippen molar-refractivity contribution in [2.45, 2.75) is 26.8 Å². The Kier molecular flexibility index (Phi) is 3.96. The van der Waals surface area contributed by atoms with Gasteiger partial charge in [-0.25, -0.2) is 4.98 Å². The number of likely N-dealkylation sites (N-methyl/N-ethyl adjacent to an activating group) is 1. The molecule has 0 saturated carbocycles. The average Bonchev–Trinajstić information content (AvgIpc) is 2.48. The summed E-state index contributed by atoms with van der Waals surface area (Å²) in [6.45, 7) is 6.45. The van der Waals surface area contributed by atoms with Gasteiger partial charge in [0.05, 0.1) is 0 Å². The lowest BCUT2D eigenvalue weighted by atomic mass is 10.1. The van der Waals surface area contributed by atoms with Crippen molar-refractivity contribution in [1.29, 1.82) is 0 Å². The van der Waals surface area contributed by atoms with Crippen LogP contribution in [0.25, 0.3) is 0 Å². The SMILES string of the molecule is CNCCn1ccnc1CC(C)C. The fourth-order valence-electron chi connectivity index (χ4n) is 1.33. The first-order chi connectivity index (χ1) is 6.24. The lowest BCUT2D eigenvalue weighted by molar-refractivity contribution is 0.560. The van der Waals surface area contributed by atoms with Crippen LogP contribution in [-0.4, -0.2) is 23.1 Å². The van der Waals surface area contributed by atoms with Gasteiger partial charge in [-0.1, -0.05) is 13.8 Å². The smallest absolute Gasteiger partial charge is 0.108 e. The Morgan fingerprint density at radius 2 is 2.31 bits per heavy atom. The Morgan fingerprint density at radius 3 is 2.92 bits per heavy atom. The van der Waals surface area contributed by atoms with Crippen molar-refractivity contribution >= 4 is 0 Å². The van der Waals surface area contributed by atoms with Crippen LogP contribution in [0.5, 0.6) is 0 Å². The zero-order valence-corrected chi connectivity index (χ0v) is 8.75. The summed E-state index contributed by atoms with van der Waals surface area (Å²) in [5.74, 6) is 1.88. The number of hydrogen-bond donors (Lipinski definition) is 1. The number of nitrogens with one attached hydrogen (secondary N) is 1. The van der Waals surface area contributed by atoms with E-state index in [0.29, 0.717) is 5.92 Å². The zero-order valence-electron chi connectivity index (χ0n) is 8.75. The van der Waals surface area contributed by atoms with Crippen molar-refractivity contribution < 1.29 is 0 Å². The molecular weight excluding hydrogens is 162 g/mol. The van der Waals surface area contributed by atoms with Gasteiger partial charge in [0.1, 0.15) is 5.82 Å². The topological polar surface area (TPSA) is 29.9 Å². The highest BCUT2D eigenvalue weighted by molar-refractivity contribution is 4.93. The molecule has 0 saturated heterocycles. The number of rotatable bonds is 5. The highest BCUT2D eigenvalue weighted by atomic mass is 15.1. The van der Waals surface area contributed by atoms with Gasteiger partial charge in [-0.15, -0.1) is 0 Å². The summed E-state index contributed by atoms with van der Waals surface area (Å²) in [7, 11) is 1.97. The van der Waals surface area contributed by atoms with Gasteiger partial charge in [-0.05, 0) is 13.0 Å². The Labute approximate surface area is 80.2 Å². The fourth-order valence-corrected chi connectivity index (χ4v) is 1.33. The van der Waals surface area contributed by atoms with Crippen LogP contribution in [0.3, 0.4) is 0 Å². The molecule has 0 aromatic carbocycles. The van der Waals surface area contributed by atoms with E-state index in [-0.39, 0.29) is 0 Å². The molecule has 1 heterocycles. The van der Waals surface area contributed by atoms with Crippen LogP contribution in [-0.2, 0) is 13.0 Å². The second-order valence-electron chi connectivity index (χ2n) is 3.74. The summed E-state index contributed by atoms with van der Waals surface area (Å²) < 4.78 is 2.22. The van der Waals surface area contributed by atoms with E-state index in [1.807, 2.05) is 13.2 Å². The molecule has 1 aromatic heterocycles. The van der Waals surface area contributed by atoms with Gasteiger partial charge in [-0.3, -0.25) is 0 Å². The molecule has 13 heavy (non-hydrogen) atoms. The molecule has 0 amide bonds. The Hall–Kier alpha value is -0.830. The molecule has 0 radical (unpaired) electrons. The molecule has 0 spiro atoms. The van der Waals surface area contributed by atoms with Gasteiger partial charge in [0.15, 0.2) is 0 Å². The Morgan fingerprint density at radius 1 is 1.54 bits per heavy atom. The summed E-state index contributed by atoms with van der Waals surface area (Å²) in [5, 5.41) is 3.14. The molecule has 0 unspecified atom stereocenters. The number of nitrogens with zero attached hydrogens (tertiary/aromatic N) is 2. The average molecular weight is 181 g/mol. The van der Waals surface area contributed by atoms with Gasteiger partial charge in [-0.2, -0.15) is 0 Å². The lowest BCUT2D eigenvalue weighted by Gasteiger charge is -2.08. The summed E-state index contributed by atoms with van der Waals surface area (Å²) in [4.78, 5) is 4.34. The van der Waals surface area contributed by atoms with Gasteiger partial charge in [0, 0.05) is 31.9 Å². The molecule has 0 fully saturated rings. The standard InChI is InChI=1S/C10H19N3/c1-9(2)8-10-12-5-7-13(10)6-4-11-3/h5,7,9,11H,4,6,8H2,1-3H3. The molecule has 3 nitrogen and oxygen atoms in total. The van der Waals surface area contributed by atoms with Crippen LogP contribution in [0.15, 0.2) is 12.4 Å². The number of imidazole rings is 1. The van der Waals surface area contributed by atoms with Crippen LogP contribution >= 0.6 is 0 Å². The van der Waals surface area contributed by atoms with E-state index in [2.05, 4.69) is 34.9 Å². The molecular formula is C10H19N3. The van der Waals surface area contributed by atoms with Gasteiger partial charge in [0.25, 0.3) is 0 Å². The van der Waals surface area contributed by atoms with Crippen molar-refractivity contribution in [3.05, 3.63) is 18.2 Å². The first-order valence-corrected chi connectivity index (χ1v) is 4.88. The van der Waals surface area contributed by atoms with E-state index >= 15 is 0 Å². The third-order valence-electron chi connectivity index (χ3n) is 2.00. The summed E-state index contributed by atoms with van der Waals surface area (Å²) in [6.07, 6.45) is 5.00. The zero-order chi connectivity index (χ0) is 9.68. The van der Waals surface area contributed by atoms with Crippen LogP contribution in [0.4, 0.5) is 0 Å². The molecule has 74 valence electrons. The van der Waals surface area contributed by atoms with Crippen molar-refractivity contribution in [2.75, 3.05) is 13.6 Å². The van der Waals surface area contributed by atoms with Crippen molar-refractivity contribution in [2.24, 2.45) is 5.92 Å². The molecule has 0 bridgehead atoms. The molecule has 0 aliphatic carbocycles.